The molecule has 110 valence electrons. The zero-order valence-electron chi connectivity index (χ0n) is 12.1. The summed E-state index contributed by atoms with van der Waals surface area (Å²) in [5.41, 5.74) is 0. The van der Waals surface area contributed by atoms with Crippen LogP contribution in [0.5, 0.6) is 0 Å². The van der Waals surface area contributed by atoms with Gasteiger partial charge in [-0.3, -0.25) is 0 Å². The molecule has 0 amide bonds. The van der Waals surface area contributed by atoms with Crippen LogP contribution in [0.1, 0.15) is 46.3 Å². The molecule has 0 aliphatic heterocycles. The maximum atomic E-state index is 12.0. The number of sulfonamides is 1. The van der Waals surface area contributed by atoms with Crippen LogP contribution in [0.25, 0.3) is 0 Å². The molecule has 0 aromatic carbocycles. The molecule has 1 aromatic rings. The quantitative estimate of drug-likeness (QED) is 0.769. The van der Waals surface area contributed by atoms with Gasteiger partial charge >= 0.3 is 0 Å². The van der Waals surface area contributed by atoms with Crippen molar-refractivity contribution in [3.8, 4) is 0 Å². The molecule has 0 saturated heterocycles. The monoisotopic (exact) mass is 288 g/mol. The fraction of sp³-hybridized carbons (Fsp3) is 0.692. The van der Waals surface area contributed by atoms with Gasteiger partial charge in [-0.25, -0.2) is 13.1 Å². The molecule has 6 heteroatoms. The number of hydrogen-bond donors (Lipinski definition) is 2. The van der Waals surface area contributed by atoms with Crippen molar-refractivity contribution in [2.24, 2.45) is 0 Å². The van der Waals surface area contributed by atoms with Crippen molar-refractivity contribution in [3.05, 3.63) is 17.9 Å². The van der Waals surface area contributed by atoms with Crippen LogP contribution in [0.3, 0.4) is 0 Å². The fourth-order valence-electron chi connectivity index (χ4n) is 1.72. The van der Waals surface area contributed by atoms with Gasteiger partial charge in [0.2, 0.25) is 5.09 Å². The maximum Gasteiger partial charge on any atom is 0.274 e. The Balaban J connectivity index is 2.68. The molecule has 0 radical (unpaired) electrons. The van der Waals surface area contributed by atoms with E-state index in [1.807, 2.05) is 27.7 Å². The maximum absolute atomic E-state index is 12.0. The van der Waals surface area contributed by atoms with Gasteiger partial charge in [-0.1, -0.05) is 27.2 Å². The van der Waals surface area contributed by atoms with Crippen molar-refractivity contribution in [3.63, 3.8) is 0 Å². The molecular formula is C13H24N2O3S. The topological polar surface area (TPSA) is 71.3 Å². The van der Waals surface area contributed by atoms with Gasteiger partial charge in [0.15, 0.2) is 0 Å². The van der Waals surface area contributed by atoms with Crippen LogP contribution in [-0.2, 0) is 16.6 Å². The van der Waals surface area contributed by atoms with Crippen molar-refractivity contribution >= 4 is 10.0 Å². The minimum Gasteiger partial charge on any atom is -0.447 e. The van der Waals surface area contributed by atoms with Crippen LogP contribution in [0.4, 0.5) is 0 Å². The number of nitrogens with one attached hydrogen (secondary N) is 2. The predicted octanol–water partition coefficient (Wildman–Crippen LogP) is 2.24. The summed E-state index contributed by atoms with van der Waals surface area (Å²) < 4.78 is 32.1. The van der Waals surface area contributed by atoms with E-state index in [1.54, 1.807) is 6.07 Å². The van der Waals surface area contributed by atoms with Crippen LogP contribution in [-0.4, -0.2) is 20.5 Å². The Morgan fingerprint density at radius 3 is 2.53 bits per heavy atom. The molecule has 0 spiro atoms. The molecule has 0 aliphatic carbocycles. The number of rotatable bonds is 8. The largest absolute Gasteiger partial charge is 0.447 e. The van der Waals surface area contributed by atoms with Crippen molar-refractivity contribution in [1.82, 2.24) is 10.0 Å². The minimum absolute atomic E-state index is 0.0176. The molecule has 0 fully saturated rings. The molecule has 1 aromatic heterocycles. The van der Waals surface area contributed by atoms with E-state index in [2.05, 4.69) is 10.0 Å². The molecule has 5 nitrogen and oxygen atoms in total. The molecule has 0 bridgehead atoms. The molecular weight excluding hydrogens is 264 g/mol. The molecule has 1 atom stereocenters. The summed E-state index contributed by atoms with van der Waals surface area (Å²) in [6.07, 6.45) is 1.74. The van der Waals surface area contributed by atoms with Crippen molar-refractivity contribution in [1.29, 1.82) is 0 Å². The number of hydrogen-bond acceptors (Lipinski definition) is 4. The standard InChI is InChI=1S/C13H24N2O3S/c1-5-6-11(4)15-19(16,17)13-8-7-12(18-13)9-14-10(2)3/h7-8,10-11,14-15H,5-6,9H2,1-4H3. The lowest BCUT2D eigenvalue weighted by molar-refractivity contribution is 0.391. The van der Waals surface area contributed by atoms with E-state index in [-0.39, 0.29) is 11.1 Å². The second-order valence-electron chi connectivity index (χ2n) is 5.07. The lowest BCUT2D eigenvalue weighted by Crippen LogP contribution is -2.32. The van der Waals surface area contributed by atoms with Crippen LogP contribution < -0.4 is 10.0 Å². The second-order valence-corrected chi connectivity index (χ2v) is 6.71. The van der Waals surface area contributed by atoms with E-state index >= 15 is 0 Å². The molecule has 2 N–H and O–H groups in total. The van der Waals surface area contributed by atoms with E-state index in [4.69, 9.17) is 4.42 Å². The normalized spacial score (nSPS) is 13.9. The summed E-state index contributed by atoms with van der Waals surface area (Å²) in [6.45, 7) is 8.44. The first-order valence-electron chi connectivity index (χ1n) is 6.69. The Labute approximate surface area is 115 Å². The predicted molar refractivity (Wildman–Crippen MR) is 75.4 cm³/mol. The van der Waals surface area contributed by atoms with Crippen LogP contribution in [0.15, 0.2) is 21.6 Å². The molecule has 1 unspecified atom stereocenters. The summed E-state index contributed by atoms with van der Waals surface area (Å²) in [5.74, 6) is 0.622. The summed E-state index contributed by atoms with van der Waals surface area (Å²) in [4.78, 5) is 0. The SMILES string of the molecule is CCCC(C)NS(=O)(=O)c1ccc(CNC(C)C)o1. The second kappa shape index (κ2) is 7.07. The fourth-order valence-corrected chi connectivity index (χ4v) is 2.94. The van der Waals surface area contributed by atoms with E-state index in [1.165, 1.54) is 6.07 Å². The Kier molecular flexibility index (Phi) is 6.03. The minimum atomic E-state index is -3.54. The molecule has 1 rings (SSSR count). The highest BCUT2D eigenvalue weighted by molar-refractivity contribution is 7.89. The van der Waals surface area contributed by atoms with Gasteiger partial charge in [-0.15, -0.1) is 0 Å². The summed E-state index contributed by atoms with van der Waals surface area (Å²) in [5, 5.41) is 3.16. The Hall–Kier alpha value is -0.850. The van der Waals surface area contributed by atoms with Gasteiger partial charge in [0.25, 0.3) is 10.0 Å². The highest BCUT2D eigenvalue weighted by Crippen LogP contribution is 2.15. The zero-order valence-corrected chi connectivity index (χ0v) is 12.9. The third-order valence-electron chi connectivity index (χ3n) is 2.66. The van der Waals surface area contributed by atoms with Crippen LogP contribution in [0.2, 0.25) is 0 Å². The van der Waals surface area contributed by atoms with Gasteiger partial charge in [-0.05, 0) is 25.5 Å². The van der Waals surface area contributed by atoms with Gasteiger partial charge < -0.3 is 9.73 Å². The Morgan fingerprint density at radius 1 is 1.26 bits per heavy atom. The van der Waals surface area contributed by atoms with E-state index in [0.717, 1.165) is 12.8 Å². The van der Waals surface area contributed by atoms with Gasteiger partial charge in [0.05, 0.1) is 6.54 Å². The van der Waals surface area contributed by atoms with Gasteiger partial charge in [-0.2, -0.15) is 0 Å². The smallest absolute Gasteiger partial charge is 0.274 e. The summed E-state index contributed by atoms with van der Waals surface area (Å²) in [6, 6.07) is 3.43. The summed E-state index contributed by atoms with van der Waals surface area (Å²) in [7, 11) is -3.54. The average Bonchev–Trinajstić information content (AvgIpc) is 2.75. The molecule has 1 heterocycles. The lowest BCUT2D eigenvalue weighted by atomic mass is 10.2. The molecule has 0 saturated carbocycles. The van der Waals surface area contributed by atoms with Gasteiger partial charge in [0, 0.05) is 12.1 Å². The first-order chi connectivity index (χ1) is 8.85. The lowest BCUT2D eigenvalue weighted by Gasteiger charge is -2.11. The first kappa shape index (κ1) is 16.2. The average molecular weight is 288 g/mol. The summed E-state index contributed by atoms with van der Waals surface area (Å²) >= 11 is 0. The van der Waals surface area contributed by atoms with Crippen molar-refractivity contribution in [2.75, 3.05) is 0 Å². The molecule has 0 aliphatic rings. The van der Waals surface area contributed by atoms with E-state index in [0.29, 0.717) is 18.3 Å². The highest BCUT2D eigenvalue weighted by Gasteiger charge is 2.20. The molecule has 19 heavy (non-hydrogen) atoms. The number of furan rings is 1. The van der Waals surface area contributed by atoms with E-state index in [9.17, 15) is 8.42 Å². The third kappa shape index (κ3) is 5.34. The first-order valence-corrected chi connectivity index (χ1v) is 8.18. The third-order valence-corrected chi connectivity index (χ3v) is 4.13. The van der Waals surface area contributed by atoms with Crippen molar-refractivity contribution < 1.29 is 12.8 Å². The van der Waals surface area contributed by atoms with Crippen LogP contribution in [0, 0.1) is 0 Å². The van der Waals surface area contributed by atoms with Gasteiger partial charge in [0.1, 0.15) is 5.76 Å². The highest BCUT2D eigenvalue weighted by atomic mass is 32.2. The van der Waals surface area contributed by atoms with Crippen molar-refractivity contribution in [2.45, 2.75) is 64.3 Å². The zero-order chi connectivity index (χ0) is 14.5. The van der Waals surface area contributed by atoms with E-state index < -0.39 is 10.0 Å². The Bertz CT molecular complexity index is 480. The van der Waals surface area contributed by atoms with Crippen LogP contribution >= 0.6 is 0 Å². The Morgan fingerprint density at radius 2 is 1.95 bits per heavy atom.